The van der Waals surface area contributed by atoms with Gasteiger partial charge in [-0.1, -0.05) is 32.0 Å². The van der Waals surface area contributed by atoms with Crippen molar-refractivity contribution in [2.75, 3.05) is 6.61 Å². The second kappa shape index (κ2) is 7.98. The van der Waals surface area contributed by atoms with Gasteiger partial charge in [0, 0.05) is 10.9 Å². The second-order valence-electron chi connectivity index (χ2n) is 7.76. The molecule has 1 fully saturated rings. The lowest BCUT2D eigenvalue weighted by molar-refractivity contribution is -0.277. The Bertz CT molecular complexity index is 1120. The molecular weight excluding hydrogens is 392 g/mol. The Morgan fingerprint density at radius 3 is 2.33 bits per heavy atom. The third kappa shape index (κ3) is 3.36. The molecule has 2 aromatic carbocycles. The molecule has 8 heteroatoms. The summed E-state index contributed by atoms with van der Waals surface area (Å²) in [5, 5.41) is 41.6. The Morgan fingerprint density at radius 1 is 0.967 bits per heavy atom. The molecule has 0 saturated carbocycles. The summed E-state index contributed by atoms with van der Waals surface area (Å²) >= 11 is 0. The monoisotopic (exact) mass is 416 g/mol. The lowest BCUT2D eigenvalue weighted by Gasteiger charge is -2.39. The van der Waals surface area contributed by atoms with Crippen LogP contribution in [-0.4, -0.2) is 57.7 Å². The Kier molecular flexibility index (Phi) is 5.52. The molecule has 0 unspecified atom stereocenters. The molecule has 0 spiro atoms. The number of ether oxygens (including phenoxy) is 2. The Morgan fingerprint density at radius 2 is 1.67 bits per heavy atom. The van der Waals surface area contributed by atoms with Gasteiger partial charge in [-0.15, -0.1) is 0 Å². The van der Waals surface area contributed by atoms with Gasteiger partial charge >= 0.3 is 5.63 Å². The van der Waals surface area contributed by atoms with Gasteiger partial charge in [0.25, 0.3) is 0 Å². The second-order valence-corrected chi connectivity index (χ2v) is 7.76. The lowest BCUT2D eigenvalue weighted by Crippen LogP contribution is -2.60. The highest BCUT2D eigenvalue weighted by molar-refractivity contribution is 6.05. The van der Waals surface area contributed by atoms with Gasteiger partial charge in [0.1, 0.15) is 35.7 Å². The molecule has 1 saturated heterocycles. The average molecular weight is 416 g/mol. The zero-order valence-electron chi connectivity index (χ0n) is 16.6. The van der Waals surface area contributed by atoms with Crippen LogP contribution in [0.15, 0.2) is 45.6 Å². The van der Waals surface area contributed by atoms with Gasteiger partial charge in [-0.25, -0.2) is 4.79 Å². The maximum Gasteiger partial charge on any atom is 0.344 e. The highest BCUT2D eigenvalue weighted by atomic mass is 16.7. The molecule has 0 radical (unpaired) electrons. The van der Waals surface area contributed by atoms with Crippen LogP contribution in [0.5, 0.6) is 5.75 Å². The van der Waals surface area contributed by atoms with E-state index in [4.69, 9.17) is 13.9 Å². The molecule has 0 aliphatic carbocycles. The van der Waals surface area contributed by atoms with E-state index in [-0.39, 0.29) is 5.92 Å². The smallest absolute Gasteiger partial charge is 0.344 e. The van der Waals surface area contributed by atoms with E-state index in [0.717, 1.165) is 10.8 Å². The third-order valence-electron chi connectivity index (χ3n) is 5.46. The topological polar surface area (TPSA) is 130 Å². The van der Waals surface area contributed by atoms with Crippen molar-refractivity contribution in [3.8, 4) is 5.75 Å². The zero-order valence-corrected chi connectivity index (χ0v) is 16.6. The molecule has 4 N–H and O–H groups in total. The van der Waals surface area contributed by atoms with E-state index >= 15 is 0 Å². The number of aliphatic hydroxyl groups excluding tert-OH is 4. The minimum atomic E-state index is -1.55. The third-order valence-corrected chi connectivity index (χ3v) is 5.46. The maximum absolute atomic E-state index is 12.5. The van der Waals surface area contributed by atoms with E-state index in [9.17, 15) is 25.2 Å². The van der Waals surface area contributed by atoms with Gasteiger partial charge in [-0.2, -0.15) is 0 Å². The largest absolute Gasteiger partial charge is 0.462 e. The van der Waals surface area contributed by atoms with Crippen molar-refractivity contribution in [1.29, 1.82) is 0 Å². The van der Waals surface area contributed by atoms with Gasteiger partial charge in [-0.05, 0) is 29.5 Å². The Hall–Kier alpha value is -2.49. The molecule has 1 aliphatic rings. The van der Waals surface area contributed by atoms with Crippen LogP contribution in [0, 0.1) is 0 Å². The number of aliphatic hydroxyl groups is 4. The van der Waals surface area contributed by atoms with Gasteiger partial charge in [-0.3, -0.25) is 0 Å². The molecule has 160 valence electrons. The molecule has 3 aromatic rings. The summed E-state index contributed by atoms with van der Waals surface area (Å²) in [4.78, 5) is 12.5. The van der Waals surface area contributed by atoms with Crippen molar-refractivity contribution in [3.63, 3.8) is 0 Å². The molecule has 1 aromatic heterocycles. The van der Waals surface area contributed by atoms with E-state index in [1.54, 1.807) is 24.3 Å². The standard InChI is InChI=1S/C22H24O8/c1-10(2)16-14(28-22-19(26)18(25)17(24)15(9-23)29-22)8-7-12-11-5-3-4-6-13(11)21(27)30-20(12)16/h3-8,10,15,17-19,22-26H,9H2,1-2H3/t15-,17-,18+,19-,22-/m1/s1. The molecule has 4 rings (SSSR count). The van der Waals surface area contributed by atoms with Crippen LogP contribution >= 0.6 is 0 Å². The first-order valence-electron chi connectivity index (χ1n) is 9.79. The van der Waals surface area contributed by atoms with Gasteiger partial charge < -0.3 is 34.3 Å². The summed E-state index contributed by atoms with van der Waals surface area (Å²) in [6, 6.07) is 10.6. The summed E-state index contributed by atoms with van der Waals surface area (Å²) in [7, 11) is 0. The fourth-order valence-corrected chi connectivity index (χ4v) is 3.89. The highest BCUT2D eigenvalue weighted by Crippen LogP contribution is 2.37. The summed E-state index contributed by atoms with van der Waals surface area (Å²) in [6.45, 7) is 3.26. The van der Waals surface area contributed by atoms with E-state index in [1.807, 2.05) is 26.0 Å². The van der Waals surface area contributed by atoms with E-state index in [1.165, 1.54) is 0 Å². The van der Waals surface area contributed by atoms with E-state index in [2.05, 4.69) is 0 Å². The highest BCUT2D eigenvalue weighted by Gasteiger charge is 2.45. The van der Waals surface area contributed by atoms with Crippen molar-refractivity contribution >= 4 is 21.7 Å². The SMILES string of the molecule is CC(C)c1c(O[C@@H]2O[C@H](CO)[C@@H](O)[C@H](O)[C@H]2O)ccc2c1oc(=O)c1ccccc12. The predicted octanol–water partition coefficient (Wildman–Crippen LogP) is 1.25. The minimum Gasteiger partial charge on any atom is -0.462 e. The van der Waals surface area contributed by atoms with Crippen LogP contribution in [0.3, 0.4) is 0 Å². The van der Waals surface area contributed by atoms with E-state index in [0.29, 0.717) is 22.3 Å². The van der Waals surface area contributed by atoms with E-state index < -0.39 is 42.9 Å². The quantitative estimate of drug-likeness (QED) is 0.369. The number of rotatable bonds is 4. The molecule has 8 nitrogen and oxygen atoms in total. The number of fused-ring (bicyclic) bond motifs is 3. The summed E-state index contributed by atoms with van der Waals surface area (Å²) in [5.74, 6) is 0.193. The maximum atomic E-state index is 12.5. The molecule has 1 aliphatic heterocycles. The van der Waals surface area contributed by atoms with Crippen LogP contribution in [0.1, 0.15) is 25.3 Å². The lowest BCUT2D eigenvalue weighted by atomic mass is 9.96. The molecule has 0 amide bonds. The van der Waals surface area contributed by atoms with Gasteiger partial charge in [0.15, 0.2) is 0 Å². The zero-order chi connectivity index (χ0) is 21.6. The predicted molar refractivity (Wildman–Crippen MR) is 108 cm³/mol. The van der Waals surface area contributed by atoms with Crippen LogP contribution in [0.2, 0.25) is 0 Å². The van der Waals surface area contributed by atoms with Crippen molar-refractivity contribution in [2.24, 2.45) is 0 Å². The van der Waals surface area contributed by atoms with Crippen molar-refractivity contribution in [2.45, 2.75) is 50.5 Å². The van der Waals surface area contributed by atoms with Crippen LogP contribution in [0.4, 0.5) is 0 Å². The first-order valence-corrected chi connectivity index (χ1v) is 9.79. The molecule has 0 bridgehead atoms. The van der Waals surface area contributed by atoms with Gasteiger partial charge in [0.05, 0.1) is 12.0 Å². The molecule has 5 atom stereocenters. The first kappa shape index (κ1) is 20.8. The molecular formula is C22H24O8. The first-order chi connectivity index (χ1) is 14.3. The fourth-order valence-electron chi connectivity index (χ4n) is 3.89. The minimum absolute atomic E-state index is 0.113. The Labute approximate surface area is 171 Å². The fraction of sp³-hybridized carbons (Fsp3) is 0.409. The summed E-state index contributed by atoms with van der Waals surface area (Å²) in [6.07, 6.45) is -6.98. The number of hydrogen-bond acceptors (Lipinski definition) is 8. The van der Waals surface area contributed by atoms with Crippen LogP contribution < -0.4 is 10.4 Å². The summed E-state index contributed by atoms with van der Waals surface area (Å²) < 4.78 is 16.9. The van der Waals surface area contributed by atoms with Crippen molar-refractivity contribution in [3.05, 3.63) is 52.4 Å². The summed E-state index contributed by atoms with van der Waals surface area (Å²) in [5.41, 5.74) is 0.507. The average Bonchev–Trinajstić information content (AvgIpc) is 2.73. The molecule has 2 heterocycles. The Balaban J connectivity index is 1.82. The number of benzene rings is 2. The van der Waals surface area contributed by atoms with Crippen LogP contribution in [-0.2, 0) is 4.74 Å². The van der Waals surface area contributed by atoms with Crippen molar-refractivity contribution in [1.82, 2.24) is 0 Å². The molecule has 30 heavy (non-hydrogen) atoms. The van der Waals surface area contributed by atoms with Gasteiger partial charge in [0.2, 0.25) is 6.29 Å². The normalized spacial score (nSPS) is 27.1. The van der Waals surface area contributed by atoms with Crippen molar-refractivity contribution < 1.29 is 34.3 Å². The van der Waals surface area contributed by atoms with Crippen LogP contribution in [0.25, 0.3) is 21.7 Å². The number of hydrogen-bond donors (Lipinski definition) is 4.